The van der Waals surface area contributed by atoms with Gasteiger partial charge < -0.3 is 15.8 Å². The number of alkyl carbamates (subject to hydrolysis) is 1. The second kappa shape index (κ2) is 6.69. The topological polar surface area (TPSA) is 111 Å². The summed E-state index contributed by atoms with van der Waals surface area (Å²) in [6.07, 6.45) is 3.80. The van der Waals surface area contributed by atoms with Gasteiger partial charge >= 0.3 is 6.09 Å². The fraction of sp³-hybridized carbons (Fsp3) is 0.769. The van der Waals surface area contributed by atoms with Crippen molar-refractivity contribution in [3.8, 4) is 0 Å². The minimum Gasteiger partial charge on any atom is -0.449 e. The van der Waals surface area contributed by atoms with Crippen molar-refractivity contribution in [2.24, 2.45) is 11.7 Å². The van der Waals surface area contributed by atoms with Gasteiger partial charge in [-0.1, -0.05) is 0 Å². The molecule has 0 spiro atoms. The fourth-order valence-corrected chi connectivity index (χ4v) is 2.56. The van der Waals surface area contributed by atoms with E-state index in [0.29, 0.717) is 18.9 Å². The van der Waals surface area contributed by atoms with Crippen LogP contribution in [0.4, 0.5) is 4.79 Å². The van der Waals surface area contributed by atoms with Gasteiger partial charge in [0.05, 0.1) is 6.61 Å². The van der Waals surface area contributed by atoms with E-state index in [1.807, 2.05) is 0 Å². The molecule has 2 fully saturated rings. The van der Waals surface area contributed by atoms with Gasteiger partial charge in [-0.2, -0.15) is 0 Å². The maximum atomic E-state index is 11.6. The predicted molar refractivity (Wildman–Crippen MR) is 70.6 cm³/mol. The standard InChI is InChI=1S/C13H21N3O4/c14-9-3-1-8(2-4-9)7-20-13(19)15-10-5-6-11(17)16-12(10)18/h8-10H,1-7,14H2,(H,15,19)(H,16,17,18)/t8?,9?,10-/m0/s1. The first-order valence-corrected chi connectivity index (χ1v) is 7.07. The average molecular weight is 283 g/mol. The zero-order chi connectivity index (χ0) is 14.5. The van der Waals surface area contributed by atoms with Crippen molar-refractivity contribution < 1.29 is 19.1 Å². The number of ether oxygens (including phenoxy) is 1. The number of nitrogens with two attached hydrogens (primary N) is 1. The highest BCUT2D eigenvalue weighted by molar-refractivity contribution is 6.01. The third kappa shape index (κ3) is 4.19. The quantitative estimate of drug-likeness (QED) is 0.633. The molecule has 7 heteroatoms. The number of hydrogen-bond acceptors (Lipinski definition) is 5. The maximum absolute atomic E-state index is 11.6. The lowest BCUT2D eigenvalue weighted by Gasteiger charge is -2.26. The molecule has 1 aliphatic carbocycles. The molecular formula is C13H21N3O4. The molecule has 20 heavy (non-hydrogen) atoms. The fourth-order valence-electron chi connectivity index (χ4n) is 2.56. The number of piperidine rings is 1. The van der Waals surface area contributed by atoms with Crippen molar-refractivity contribution in [1.29, 1.82) is 0 Å². The van der Waals surface area contributed by atoms with Gasteiger partial charge in [-0.25, -0.2) is 4.79 Å². The number of amides is 3. The molecule has 0 unspecified atom stereocenters. The van der Waals surface area contributed by atoms with E-state index >= 15 is 0 Å². The molecule has 0 aromatic carbocycles. The SMILES string of the molecule is NC1CCC(COC(=O)N[C@H]2CCC(=O)NC2=O)CC1. The minimum absolute atomic E-state index is 0.233. The van der Waals surface area contributed by atoms with Crippen molar-refractivity contribution in [1.82, 2.24) is 10.6 Å². The van der Waals surface area contributed by atoms with Crippen LogP contribution in [0, 0.1) is 5.92 Å². The Morgan fingerprint density at radius 2 is 1.95 bits per heavy atom. The van der Waals surface area contributed by atoms with Crippen LogP contribution in [0.3, 0.4) is 0 Å². The van der Waals surface area contributed by atoms with E-state index in [1.54, 1.807) is 0 Å². The molecule has 1 saturated heterocycles. The normalized spacial score (nSPS) is 30.6. The zero-order valence-electron chi connectivity index (χ0n) is 11.4. The largest absolute Gasteiger partial charge is 0.449 e. The predicted octanol–water partition coefficient (Wildman–Crippen LogP) is 0.0353. The summed E-state index contributed by atoms with van der Waals surface area (Å²) in [7, 11) is 0. The number of nitrogens with one attached hydrogen (secondary N) is 2. The molecule has 1 saturated carbocycles. The van der Waals surface area contributed by atoms with Crippen molar-refractivity contribution in [3.05, 3.63) is 0 Å². The zero-order valence-corrected chi connectivity index (χ0v) is 11.4. The Labute approximate surface area is 117 Å². The summed E-state index contributed by atoms with van der Waals surface area (Å²) < 4.78 is 5.14. The van der Waals surface area contributed by atoms with E-state index in [4.69, 9.17) is 10.5 Å². The van der Waals surface area contributed by atoms with Crippen LogP contribution in [0.1, 0.15) is 38.5 Å². The first-order valence-electron chi connectivity index (χ1n) is 7.07. The third-order valence-electron chi connectivity index (χ3n) is 3.87. The number of carbonyl (C=O) groups excluding carboxylic acids is 3. The summed E-state index contributed by atoms with van der Waals surface area (Å²) in [4.78, 5) is 34.1. The van der Waals surface area contributed by atoms with E-state index in [-0.39, 0.29) is 18.4 Å². The summed E-state index contributed by atoms with van der Waals surface area (Å²) >= 11 is 0. The summed E-state index contributed by atoms with van der Waals surface area (Å²) in [6, 6.07) is -0.413. The average Bonchev–Trinajstić information content (AvgIpc) is 2.41. The lowest BCUT2D eigenvalue weighted by Crippen LogP contribution is -2.52. The van der Waals surface area contributed by atoms with Crippen molar-refractivity contribution in [2.45, 2.75) is 50.6 Å². The highest BCUT2D eigenvalue weighted by Gasteiger charge is 2.28. The molecule has 2 aliphatic rings. The van der Waals surface area contributed by atoms with E-state index in [0.717, 1.165) is 25.7 Å². The Kier molecular flexibility index (Phi) is 4.94. The Morgan fingerprint density at radius 1 is 1.25 bits per heavy atom. The summed E-state index contributed by atoms with van der Waals surface area (Å²) in [5.74, 6) is -0.427. The van der Waals surface area contributed by atoms with E-state index < -0.39 is 18.0 Å². The van der Waals surface area contributed by atoms with Gasteiger partial charge in [0, 0.05) is 12.5 Å². The van der Waals surface area contributed by atoms with Crippen LogP contribution in [0.25, 0.3) is 0 Å². The van der Waals surface area contributed by atoms with Crippen LogP contribution < -0.4 is 16.4 Å². The summed E-state index contributed by atoms with van der Waals surface area (Å²) in [6.45, 7) is 0.353. The monoisotopic (exact) mass is 283 g/mol. The van der Waals surface area contributed by atoms with E-state index in [1.165, 1.54) is 0 Å². The first kappa shape index (κ1) is 14.8. The summed E-state index contributed by atoms with van der Waals surface area (Å²) in [5, 5.41) is 4.67. The molecule has 7 nitrogen and oxygen atoms in total. The number of carbonyl (C=O) groups is 3. The van der Waals surface area contributed by atoms with Crippen LogP contribution >= 0.6 is 0 Å². The Hall–Kier alpha value is -1.63. The second-order valence-corrected chi connectivity index (χ2v) is 5.53. The Balaban J connectivity index is 1.67. The van der Waals surface area contributed by atoms with Gasteiger partial charge in [-0.3, -0.25) is 14.9 Å². The number of rotatable bonds is 3. The minimum atomic E-state index is -0.681. The van der Waals surface area contributed by atoms with Crippen LogP contribution in [0.2, 0.25) is 0 Å². The van der Waals surface area contributed by atoms with E-state index in [9.17, 15) is 14.4 Å². The molecule has 4 N–H and O–H groups in total. The Bertz CT molecular complexity index is 391. The van der Waals surface area contributed by atoms with Gasteiger partial charge in [0.2, 0.25) is 11.8 Å². The van der Waals surface area contributed by atoms with Gasteiger partial charge in [-0.15, -0.1) is 0 Å². The van der Waals surface area contributed by atoms with Gasteiger partial charge in [-0.05, 0) is 38.0 Å². The van der Waals surface area contributed by atoms with Gasteiger partial charge in [0.1, 0.15) is 6.04 Å². The molecular weight excluding hydrogens is 262 g/mol. The first-order chi connectivity index (χ1) is 9.54. The van der Waals surface area contributed by atoms with Crippen molar-refractivity contribution >= 4 is 17.9 Å². The molecule has 1 aliphatic heterocycles. The molecule has 0 bridgehead atoms. The lowest BCUT2D eigenvalue weighted by atomic mass is 9.87. The van der Waals surface area contributed by atoms with Crippen molar-refractivity contribution in [2.75, 3.05) is 6.61 Å². The Morgan fingerprint density at radius 3 is 2.60 bits per heavy atom. The molecule has 3 amide bonds. The smallest absolute Gasteiger partial charge is 0.407 e. The van der Waals surface area contributed by atoms with Gasteiger partial charge in [0.15, 0.2) is 0 Å². The third-order valence-corrected chi connectivity index (χ3v) is 3.87. The number of imide groups is 1. The van der Waals surface area contributed by atoms with Crippen LogP contribution in [-0.2, 0) is 14.3 Å². The van der Waals surface area contributed by atoms with E-state index in [2.05, 4.69) is 10.6 Å². The van der Waals surface area contributed by atoms with Crippen LogP contribution in [-0.4, -0.2) is 36.6 Å². The molecule has 0 radical (unpaired) electrons. The molecule has 1 atom stereocenters. The molecule has 2 rings (SSSR count). The molecule has 1 heterocycles. The van der Waals surface area contributed by atoms with Crippen molar-refractivity contribution in [3.63, 3.8) is 0 Å². The second-order valence-electron chi connectivity index (χ2n) is 5.53. The molecule has 112 valence electrons. The van der Waals surface area contributed by atoms with Crippen LogP contribution in [0.15, 0.2) is 0 Å². The molecule has 0 aromatic heterocycles. The number of hydrogen-bond donors (Lipinski definition) is 3. The highest BCUT2D eigenvalue weighted by Crippen LogP contribution is 2.23. The highest BCUT2D eigenvalue weighted by atomic mass is 16.5. The molecule has 0 aromatic rings. The summed E-state index contributed by atoms with van der Waals surface area (Å²) in [5.41, 5.74) is 5.81. The van der Waals surface area contributed by atoms with Gasteiger partial charge in [0.25, 0.3) is 0 Å². The maximum Gasteiger partial charge on any atom is 0.407 e. The lowest BCUT2D eigenvalue weighted by molar-refractivity contribution is -0.134. The van der Waals surface area contributed by atoms with Crippen LogP contribution in [0.5, 0.6) is 0 Å².